The number of anilines is 2. The van der Waals surface area contributed by atoms with Crippen LogP contribution in [-0.2, 0) is 0 Å². The van der Waals surface area contributed by atoms with Gasteiger partial charge in [-0.25, -0.2) is 4.98 Å². The zero-order valence-corrected chi connectivity index (χ0v) is 18.2. The first-order chi connectivity index (χ1) is 13.9. The molecular weight excluding hydrogens is 364 g/mol. The fourth-order valence-electron chi connectivity index (χ4n) is 3.49. The number of piperazine rings is 1. The predicted octanol–water partition coefficient (Wildman–Crippen LogP) is 3.50. The van der Waals surface area contributed by atoms with E-state index in [-0.39, 0.29) is 0 Å². The van der Waals surface area contributed by atoms with Gasteiger partial charge < -0.3 is 14.5 Å². The molecule has 0 radical (unpaired) electrons. The molecular formula is C22H32N6O. The zero-order chi connectivity index (χ0) is 21.0. The maximum absolute atomic E-state index is 5.87. The quantitative estimate of drug-likeness (QED) is 0.664. The molecule has 0 amide bonds. The van der Waals surface area contributed by atoms with Crippen LogP contribution in [0.25, 0.3) is 0 Å². The highest BCUT2D eigenvalue weighted by Gasteiger charge is 2.27. The summed E-state index contributed by atoms with van der Waals surface area (Å²) < 4.78 is 5.87. The summed E-state index contributed by atoms with van der Waals surface area (Å²) in [5.41, 5.74) is 3.12. The van der Waals surface area contributed by atoms with Gasteiger partial charge in [0.2, 0.25) is 5.88 Å². The minimum Gasteiger partial charge on any atom is -0.476 e. The lowest BCUT2D eigenvalue weighted by atomic mass is 10.1. The average Bonchev–Trinajstić information content (AvgIpc) is 2.72. The number of aryl methyl sites for hydroxylation is 1. The van der Waals surface area contributed by atoms with Crippen LogP contribution in [-0.4, -0.2) is 52.4 Å². The van der Waals surface area contributed by atoms with Crippen molar-refractivity contribution in [3.05, 3.63) is 41.9 Å². The summed E-state index contributed by atoms with van der Waals surface area (Å²) in [4.78, 5) is 13.5. The molecule has 3 heterocycles. The number of aromatic nitrogens is 4. The Balaban J connectivity index is 1.67. The molecule has 29 heavy (non-hydrogen) atoms. The normalized spacial score (nSPS) is 17.9. The van der Waals surface area contributed by atoms with Gasteiger partial charge in [-0.15, -0.1) is 16.8 Å². The van der Waals surface area contributed by atoms with E-state index in [0.29, 0.717) is 24.4 Å². The summed E-state index contributed by atoms with van der Waals surface area (Å²) in [6.07, 6.45) is 6.55. The molecule has 0 unspecified atom stereocenters. The van der Waals surface area contributed by atoms with Crippen molar-refractivity contribution < 1.29 is 4.74 Å². The third kappa shape index (κ3) is 4.83. The summed E-state index contributed by atoms with van der Waals surface area (Å²) in [5.74, 6) is 2.93. The van der Waals surface area contributed by atoms with Gasteiger partial charge in [0.05, 0.1) is 24.7 Å². The van der Waals surface area contributed by atoms with Gasteiger partial charge in [-0.05, 0) is 40.0 Å². The van der Waals surface area contributed by atoms with Crippen LogP contribution in [0.1, 0.15) is 37.1 Å². The van der Waals surface area contributed by atoms with Gasteiger partial charge in [0.15, 0.2) is 5.82 Å². The smallest absolute Gasteiger partial charge is 0.236 e. The van der Waals surface area contributed by atoms with Crippen molar-refractivity contribution in [1.29, 1.82) is 0 Å². The molecule has 2 aromatic rings. The van der Waals surface area contributed by atoms with Gasteiger partial charge in [0.1, 0.15) is 5.82 Å². The fourth-order valence-corrected chi connectivity index (χ4v) is 3.49. The third-order valence-corrected chi connectivity index (χ3v) is 5.66. The van der Waals surface area contributed by atoms with E-state index in [2.05, 4.69) is 64.2 Å². The monoisotopic (exact) mass is 396 g/mol. The number of rotatable bonds is 7. The Morgan fingerprint density at radius 1 is 1.17 bits per heavy atom. The van der Waals surface area contributed by atoms with E-state index in [1.165, 1.54) is 0 Å². The molecule has 1 aliphatic rings. The molecule has 156 valence electrons. The topological polar surface area (TPSA) is 67.3 Å². The first-order valence-electron chi connectivity index (χ1n) is 10.3. The van der Waals surface area contributed by atoms with Gasteiger partial charge in [-0.2, -0.15) is 0 Å². The summed E-state index contributed by atoms with van der Waals surface area (Å²) in [6, 6.07) is 0.304. The molecule has 7 nitrogen and oxygen atoms in total. The van der Waals surface area contributed by atoms with Crippen molar-refractivity contribution in [2.75, 3.05) is 36.0 Å². The number of hydrogen-bond acceptors (Lipinski definition) is 7. The predicted molar refractivity (Wildman–Crippen MR) is 117 cm³/mol. The Morgan fingerprint density at radius 3 is 2.62 bits per heavy atom. The molecule has 1 saturated heterocycles. The first-order valence-corrected chi connectivity index (χ1v) is 10.3. The van der Waals surface area contributed by atoms with E-state index in [0.717, 1.165) is 54.5 Å². The van der Waals surface area contributed by atoms with Crippen LogP contribution in [0.3, 0.4) is 0 Å². The van der Waals surface area contributed by atoms with Gasteiger partial charge in [0, 0.05) is 36.8 Å². The standard InChI is InChI=1S/C22H32N6O/c1-7-15(2)8-11-29-22-19(6)18(5)21(25-26-22)27-9-10-28(17(4)14-27)20-13-23-16(3)12-24-20/h7,12-13,15,17H,1,8-11,14H2,2-6H3/t15-,17-/m1/s1. The fraction of sp³-hybridized carbons (Fsp3) is 0.545. The molecule has 0 bridgehead atoms. The highest BCUT2D eigenvalue weighted by atomic mass is 16.5. The Kier molecular flexibility index (Phi) is 6.67. The molecule has 0 N–H and O–H groups in total. The number of hydrogen-bond donors (Lipinski definition) is 0. The average molecular weight is 397 g/mol. The lowest BCUT2D eigenvalue weighted by molar-refractivity contribution is 0.280. The number of ether oxygens (including phenoxy) is 1. The minimum atomic E-state index is 0.304. The number of nitrogens with zero attached hydrogens (tertiary/aromatic N) is 6. The van der Waals surface area contributed by atoms with E-state index < -0.39 is 0 Å². The first kappa shape index (κ1) is 21.0. The Bertz CT molecular complexity index is 838. The van der Waals surface area contributed by atoms with Crippen LogP contribution in [0, 0.1) is 26.7 Å². The van der Waals surface area contributed by atoms with Gasteiger partial charge in [0.25, 0.3) is 0 Å². The van der Waals surface area contributed by atoms with Crippen LogP contribution in [0.2, 0.25) is 0 Å². The van der Waals surface area contributed by atoms with Crippen molar-refractivity contribution in [2.45, 2.75) is 47.1 Å². The van der Waals surface area contributed by atoms with Crippen molar-refractivity contribution in [1.82, 2.24) is 20.2 Å². The molecule has 0 aromatic carbocycles. The molecule has 3 rings (SSSR count). The third-order valence-electron chi connectivity index (χ3n) is 5.66. The molecule has 7 heteroatoms. The molecule has 1 fully saturated rings. The molecule has 0 saturated carbocycles. The van der Waals surface area contributed by atoms with Gasteiger partial charge in [-0.3, -0.25) is 4.98 Å². The second-order valence-corrected chi connectivity index (χ2v) is 7.93. The summed E-state index contributed by atoms with van der Waals surface area (Å²) >= 11 is 0. The highest BCUT2D eigenvalue weighted by molar-refractivity contribution is 5.53. The SMILES string of the molecule is C=C[C@@H](C)CCOc1nnc(N2CCN(c3cnc(C)cn3)[C@H](C)C2)c(C)c1C. The Morgan fingerprint density at radius 2 is 1.97 bits per heavy atom. The van der Waals surface area contributed by atoms with Crippen molar-refractivity contribution in [3.63, 3.8) is 0 Å². The maximum atomic E-state index is 5.87. The Hall–Kier alpha value is -2.70. The largest absolute Gasteiger partial charge is 0.476 e. The van der Waals surface area contributed by atoms with E-state index in [1.807, 2.05) is 25.4 Å². The van der Waals surface area contributed by atoms with Crippen LogP contribution in [0.4, 0.5) is 11.6 Å². The second-order valence-electron chi connectivity index (χ2n) is 7.93. The van der Waals surface area contributed by atoms with Crippen molar-refractivity contribution in [2.24, 2.45) is 5.92 Å². The minimum absolute atomic E-state index is 0.304. The molecule has 2 aromatic heterocycles. The van der Waals surface area contributed by atoms with Crippen molar-refractivity contribution in [3.8, 4) is 5.88 Å². The van der Waals surface area contributed by atoms with Crippen molar-refractivity contribution >= 4 is 11.6 Å². The van der Waals surface area contributed by atoms with E-state index in [4.69, 9.17) is 4.74 Å². The lowest BCUT2D eigenvalue weighted by Crippen LogP contribution is -2.53. The maximum Gasteiger partial charge on any atom is 0.236 e. The molecule has 0 spiro atoms. The zero-order valence-electron chi connectivity index (χ0n) is 18.2. The van der Waals surface area contributed by atoms with E-state index in [9.17, 15) is 0 Å². The summed E-state index contributed by atoms with van der Waals surface area (Å²) in [6.45, 7) is 17.5. The molecule has 1 aliphatic heterocycles. The Labute approximate surface area is 173 Å². The van der Waals surface area contributed by atoms with E-state index in [1.54, 1.807) is 0 Å². The van der Waals surface area contributed by atoms with Crippen LogP contribution >= 0.6 is 0 Å². The lowest BCUT2D eigenvalue weighted by Gasteiger charge is -2.41. The van der Waals surface area contributed by atoms with Gasteiger partial charge >= 0.3 is 0 Å². The van der Waals surface area contributed by atoms with E-state index >= 15 is 0 Å². The number of allylic oxidation sites excluding steroid dienone is 1. The second kappa shape index (κ2) is 9.20. The van der Waals surface area contributed by atoms with Gasteiger partial charge in [-0.1, -0.05) is 13.0 Å². The highest BCUT2D eigenvalue weighted by Crippen LogP contribution is 2.28. The molecule has 0 aliphatic carbocycles. The molecule has 2 atom stereocenters. The summed E-state index contributed by atoms with van der Waals surface area (Å²) in [7, 11) is 0. The van der Waals surface area contributed by atoms with Crippen LogP contribution < -0.4 is 14.5 Å². The summed E-state index contributed by atoms with van der Waals surface area (Å²) in [5, 5.41) is 8.88. The van der Waals surface area contributed by atoms with Crippen LogP contribution in [0.5, 0.6) is 5.88 Å². The van der Waals surface area contributed by atoms with Crippen LogP contribution in [0.15, 0.2) is 25.0 Å².